The molecule has 0 saturated heterocycles. The Labute approximate surface area is 113 Å². The second-order valence-electron chi connectivity index (χ2n) is 3.54. The summed E-state index contributed by atoms with van der Waals surface area (Å²) in [6, 6.07) is 10.0. The number of anilines is 1. The predicted octanol–water partition coefficient (Wildman–Crippen LogP) is 3.28. The number of fused-ring (bicyclic) bond motifs is 1. The summed E-state index contributed by atoms with van der Waals surface area (Å²) in [6.45, 7) is 0. The van der Waals surface area contributed by atoms with Gasteiger partial charge in [-0.25, -0.2) is 15.0 Å². The molecular weight excluding hydrogens is 264 g/mol. The van der Waals surface area contributed by atoms with E-state index in [1.807, 2.05) is 31.3 Å². The van der Waals surface area contributed by atoms with E-state index < -0.39 is 0 Å². The van der Waals surface area contributed by atoms with Gasteiger partial charge in [-0.05, 0) is 23.9 Å². The highest BCUT2D eigenvalue weighted by Crippen LogP contribution is 2.33. The van der Waals surface area contributed by atoms with Crippen molar-refractivity contribution in [2.24, 2.45) is 0 Å². The van der Waals surface area contributed by atoms with Crippen LogP contribution in [-0.4, -0.2) is 22.0 Å². The normalized spacial score (nSPS) is 10.7. The van der Waals surface area contributed by atoms with Crippen molar-refractivity contribution in [2.45, 2.75) is 9.37 Å². The van der Waals surface area contributed by atoms with Crippen molar-refractivity contribution in [3.63, 3.8) is 0 Å². The van der Waals surface area contributed by atoms with E-state index in [4.69, 9.17) is 0 Å². The fraction of sp³-hybridized carbons (Fsp3) is 0.0833. The summed E-state index contributed by atoms with van der Waals surface area (Å²) in [5, 5.41) is 3.89. The number of rotatable bonds is 3. The maximum atomic E-state index is 4.56. The van der Waals surface area contributed by atoms with E-state index >= 15 is 0 Å². The van der Waals surface area contributed by atoms with Gasteiger partial charge in [-0.3, -0.25) is 0 Å². The molecule has 2 heterocycles. The average molecular weight is 274 g/mol. The summed E-state index contributed by atoms with van der Waals surface area (Å²) >= 11 is 3.24. The van der Waals surface area contributed by atoms with Crippen LogP contribution in [0, 0.1) is 0 Å². The highest BCUT2D eigenvalue weighted by molar-refractivity contribution is 8.01. The quantitative estimate of drug-likeness (QED) is 0.743. The summed E-state index contributed by atoms with van der Waals surface area (Å²) in [4.78, 5) is 12.9. The van der Waals surface area contributed by atoms with E-state index in [1.165, 1.54) is 4.70 Å². The maximum absolute atomic E-state index is 4.56. The van der Waals surface area contributed by atoms with Crippen LogP contribution < -0.4 is 5.32 Å². The first kappa shape index (κ1) is 11.4. The summed E-state index contributed by atoms with van der Waals surface area (Å²) in [6.07, 6.45) is 1.56. The van der Waals surface area contributed by atoms with Gasteiger partial charge in [-0.2, -0.15) is 0 Å². The van der Waals surface area contributed by atoms with Crippen LogP contribution in [0.3, 0.4) is 0 Å². The number of aromatic nitrogens is 3. The lowest BCUT2D eigenvalue weighted by Crippen LogP contribution is -1.92. The number of para-hydroxylation sites is 1. The molecule has 0 unspecified atom stereocenters. The summed E-state index contributed by atoms with van der Waals surface area (Å²) in [5.74, 6) is 0.814. The fourth-order valence-electron chi connectivity index (χ4n) is 1.52. The van der Waals surface area contributed by atoms with Gasteiger partial charge >= 0.3 is 0 Å². The van der Waals surface area contributed by atoms with E-state index in [0.29, 0.717) is 0 Å². The van der Waals surface area contributed by atoms with Gasteiger partial charge in [0.2, 0.25) is 0 Å². The number of nitrogens with one attached hydrogen (secondary N) is 1. The van der Waals surface area contributed by atoms with Crippen molar-refractivity contribution in [2.75, 3.05) is 12.4 Å². The monoisotopic (exact) mass is 274 g/mol. The molecule has 0 amide bonds. The molecule has 4 nitrogen and oxygen atoms in total. The molecule has 0 aliphatic carbocycles. The van der Waals surface area contributed by atoms with Crippen LogP contribution in [0.2, 0.25) is 0 Å². The van der Waals surface area contributed by atoms with Gasteiger partial charge in [0, 0.05) is 13.1 Å². The summed E-state index contributed by atoms with van der Waals surface area (Å²) in [7, 11) is 1.84. The minimum Gasteiger partial charge on any atom is -0.373 e. The van der Waals surface area contributed by atoms with Crippen molar-refractivity contribution in [3.8, 4) is 0 Å². The number of nitrogens with zero attached hydrogens (tertiary/aromatic N) is 3. The minimum atomic E-state index is 0.814. The SMILES string of the molecule is CNc1cc(Sc2nc3ccccc3s2)ncn1. The first-order valence-corrected chi connectivity index (χ1v) is 7.02. The third-order valence-corrected chi connectivity index (χ3v) is 4.39. The highest BCUT2D eigenvalue weighted by Gasteiger charge is 2.06. The minimum absolute atomic E-state index is 0.814. The molecule has 6 heteroatoms. The fourth-order valence-corrected chi connectivity index (χ4v) is 3.50. The second kappa shape index (κ2) is 4.91. The van der Waals surface area contributed by atoms with Gasteiger partial charge in [0.15, 0.2) is 4.34 Å². The predicted molar refractivity (Wildman–Crippen MR) is 75.3 cm³/mol. The molecule has 0 spiro atoms. The molecule has 0 atom stereocenters. The van der Waals surface area contributed by atoms with Crippen molar-refractivity contribution in [1.29, 1.82) is 0 Å². The zero-order valence-corrected chi connectivity index (χ0v) is 11.3. The third-order valence-electron chi connectivity index (χ3n) is 2.36. The van der Waals surface area contributed by atoms with Gasteiger partial charge in [0.1, 0.15) is 17.2 Å². The standard InChI is InChI=1S/C12H10N4S2/c1-13-10-6-11(15-7-14-10)18-12-16-8-4-2-3-5-9(8)17-12/h2-7H,1H3,(H,13,14,15). The molecule has 2 aromatic heterocycles. The van der Waals surface area contributed by atoms with Crippen LogP contribution >= 0.6 is 23.1 Å². The third kappa shape index (κ3) is 2.30. The average Bonchev–Trinajstić information content (AvgIpc) is 2.81. The Morgan fingerprint density at radius 1 is 1.22 bits per heavy atom. The van der Waals surface area contributed by atoms with Gasteiger partial charge in [-0.1, -0.05) is 12.1 Å². The Bertz CT molecular complexity index is 647. The Morgan fingerprint density at radius 2 is 2.11 bits per heavy atom. The lowest BCUT2D eigenvalue weighted by atomic mass is 10.3. The molecule has 90 valence electrons. The number of hydrogen-bond donors (Lipinski definition) is 1. The van der Waals surface area contributed by atoms with Crippen LogP contribution in [0.1, 0.15) is 0 Å². The summed E-state index contributed by atoms with van der Waals surface area (Å²) in [5.41, 5.74) is 1.04. The van der Waals surface area contributed by atoms with Crippen molar-refractivity contribution in [3.05, 3.63) is 36.7 Å². The molecule has 1 aromatic carbocycles. The van der Waals surface area contributed by atoms with Crippen molar-refractivity contribution < 1.29 is 0 Å². The molecule has 1 N–H and O–H groups in total. The number of benzene rings is 1. The van der Waals surface area contributed by atoms with Gasteiger partial charge in [0.25, 0.3) is 0 Å². The van der Waals surface area contributed by atoms with Gasteiger partial charge in [0.05, 0.1) is 10.2 Å². The van der Waals surface area contributed by atoms with E-state index in [1.54, 1.807) is 29.4 Å². The first-order chi connectivity index (χ1) is 8.85. The molecule has 0 fully saturated rings. The van der Waals surface area contributed by atoms with E-state index in [2.05, 4.69) is 26.3 Å². The Morgan fingerprint density at radius 3 is 2.94 bits per heavy atom. The largest absolute Gasteiger partial charge is 0.373 e. The Hall–Kier alpha value is -1.66. The molecule has 3 rings (SSSR count). The lowest BCUT2D eigenvalue weighted by Gasteiger charge is -1.99. The van der Waals surface area contributed by atoms with Crippen LogP contribution in [0.15, 0.2) is 46.0 Å². The molecule has 18 heavy (non-hydrogen) atoms. The van der Waals surface area contributed by atoms with Gasteiger partial charge < -0.3 is 5.32 Å². The molecule has 0 radical (unpaired) electrons. The van der Waals surface area contributed by atoms with Crippen molar-refractivity contribution in [1.82, 2.24) is 15.0 Å². The molecule has 0 bridgehead atoms. The molecule has 0 aliphatic rings. The Balaban J connectivity index is 1.91. The zero-order chi connectivity index (χ0) is 12.4. The van der Waals surface area contributed by atoms with E-state index in [9.17, 15) is 0 Å². The topological polar surface area (TPSA) is 50.7 Å². The van der Waals surface area contributed by atoms with Crippen molar-refractivity contribution >= 4 is 39.1 Å². The number of thiazole rings is 1. The van der Waals surface area contributed by atoms with Crippen LogP contribution in [0.4, 0.5) is 5.82 Å². The van der Waals surface area contributed by atoms with Crippen LogP contribution in [0.5, 0.6) is 0 Å². The maximum Gasteiger partial charge on any atom is 0.157 e. The zero-order valence-electron chi connectivity index (χ0n) is 9.62. The van der Waals surface area contributed by atoms with Gasteiger partial charge in [-0.15, -0.1) is 11.3 Å². The summed E-state index contributed by atoms with van der Waals surface area (Å²) < 4.78 is 2.19. The molecule has 3 aromatic rings. The van der Waals surface area contributed by atoms with E-state index in [-0.39, 0.29) is 0 Å². The van der Waals surface area contributed by atoms with Crippen LogP contribution in [-0.2, 0) is 0 Å². The van der Waals surface area contributed by atoms with E-state index in [0.717, 1.165) is 20.7 Å². The first-order valence-electron chi connectivity index (χ1n) is 5.38. The second-order valence-corrected chi connectivity index (χ2v) is 5.84. The van der Waals surface area contributed by atoms with Crippen LogP contribution in [0.25, 0.3) is 10.2 Å². The highest BCUT2D eigenvalue weighted by atomic mass is 32.2. The lowest BCUT2D eigenvalue weighted by molar-refractivity contribution is 1.04. The molecule has 0 aliphatic heterocycles. The Kier molecular flexibility index (Phi) is 3.12. The smallest absolute Gasteiger partial charge is 0.157 e. The molecular formula is C12H10N4S2. The molecule has 0 saturated carbocycles. The number of hydrogen-bond acceptors (Lipinski definition) is 6.